The van der Waals surface area contributed by atoms with Gasteiger partial charge in [0.25, 0.3) is 0 Å². The molecule has 0 amide bonds. The molecule has 4 heteroatoms. The van der Waals surface area contributed by atoms with Crippen molar-refractivity contribution in [1.82, 2.24) is 9.97 Å². The fourth-order valence-corrected chi connectivity index (χ4v) is 1.87. The second-order valence-electron chi connectivity index (χ2n) is 4.59. The highest BCUT2D eigenvalue weighted by Crippen LogP contribution is 2.15. The van der Waals surface area contributed by atoms with Crippen LogP contribution in [0, 0.1) is 24.2 Å². The van der Waals surface area contributed by atoms with Gasteiger partial charge in [-0.25, -0.2) is 9.97 Å². The lowest BCUT2D eigenvalue weighted by atomic mass is 9.99. The molecule has 1 N–H and O–H groups in total. The van der Waals surface area contributed by atoms with Crippen molar-refractivity contribution >= 4 is 5.82 Å². The molecule has 1 unspecified atom stereocenters. The predicted molar refractivity (Wildman–Crippen MR) is 73.3 cm³/mol. The number of hydrogen-bond acceptors (Lipinski definition) is 4. The number of anilines is 1. The van der Waals surface area contributed by atoms with Crippen molar-refractivity contribution in [2.24, 2.45) is 5.92 Å². The standard InChI is InChI=1S/C14H22N4/c1-4-6-7-12(5-2)9-17-14-13(8-15)10-16-11(3)18-14/h10,12H,4-7,9H2,1-3H3,(H,16,17,18). The Labute approximate surface area is 109 Å². The lowest BCUT2D eigenvalue weighted by molar-refractivity contribution is 0.472. The van der Waals surface area contributed by atoms with Crippen molar-refractivity contribution in [2.75, 3.05) is 11.9 Å². The summed E-state index contributed by atoms with van der Waals surface area (Å²) in [6.07, 6.45) is 6.45. The first-order chi connectivity index (χ1) is 8.71. The van der Waals surface area contributed by atoms with Crippen molar-refractivity contribution in [3.63, 3.8) is 0 Å². The van der Waals surface area contributed by atoms with Crippen LogP contribution in [0.15, 0.2) is 6.20 Å². The number of hydrogen-bond donors (Lipinski definition) is 1. The van der Waals surface area contributed by atoms with Gasteiger partial charge < -0.3 is 5.32 Å². The molecule has 0 aliphatic heterocycles. The molecule has 0 aliphatic rings. The number of unbranched alkanes of at least 4 members (excludes halogenated alkanes) is 1. The molecule has 98 valence electrons. The van der Waals surface area contributed by atoms with E-state index in [1.165, 1.54) is 19.3 Å². The average molecular weight is 246 g/mol. The summed E-state index contributed by atoms with van der Waals surface area (Å²) in [6, 6.07) is 2.12. The Kier molecular flexibility index (Phi) is 6.13. The van der Waals surface area contributed by atoms with Crippen LogP contribution in [0.1, 0.15) is 50.9 Å². The fourth-order valence-electron chi connectivity index (χ4n) is 1.87. The van der Waals surface area contributed by atoms with E-state index in [9.17, 15) is 0 Å². The van der Waals surface area contributed by atoms with Gasteiger partial charge in [0.15, 0.2) is 0 Å². The van der Waals surface area contributed by atoms with Gasteiger partial charge in [-0.15, -0.1) is 0 Å². The van der Waals surface area contributed by atoms with Crippen molar-refractivity contribution in [3.8, 4) is 6.07 Å². The lowest BCUT2D eigenvalue weighted by Crippen LogP contribution is -2.15. The maximum atomic E-state index is 9.00. The molecule has 0 aliphatic carbocycles. The largest absolute Gasteiger partial charge is 0.369 e. The number of nitriles is 1. The Morgan fingerprint density at radius 1 is 1.44 bits per heavy atom. The summed E-state index contributed by atoms with van der Waals surface area (Å²) in [5.74, 6) is 2.00. The van der Waals surface area contributed by atoms with Gasteiger partial charge in [0.05, 0.1) is 6.20 Å². The van der Waals surface area contributed by atoms with Crippen LogP contribution >= 0.6 is 0 Å². The van der Waals surface area contributed by atoms with Gasteiger partial charge in [0.1, 0.15) is 23.3 Å². The fraction of sp³-hybridized carbons (Fsp3) is 0.643. The van der Waals surface area contributed by atoms with E-state index in [0.29, 0.717) is 23.1 Å². The molecule has 1 aromatic heterocycles. The summed E-state index contributed by atoms with van der Waals surface area (Å²) in [7, 11) is 0. The molecule has 1 rings (SSSR count). The lowest BCUT2D eigenvalue weighted by Gasteiger charge is -2.16. The average Bonchev–Trinajstić information content (AvgIpc) is 2.39. The molecule has 0 saturated heterocycles. The smallest absolute Gasteiger partial charge is 0.147 e. The summed E-state index contributed by atoms with van der Waals surface area (Å²) >= 11 is 0. The zero-order chi connectivity index (χ0) is 13.4. The second kappa shape index (κ2) is 7.65. The molecule has 0 saturated carbocycles. The minimum atomic E-state index is 0.519. The molecule has 4 nitrogen and oxygen atoms in total. The van der Waals surface area contributed by atoms with Gasteiger partial charge in [-0.1, -0.05) is 33.1 Å². The highest BCUT2D eigenvalue weighted by atomic mass is 15.0. The van der Waals surface area contributed by atoms with Gasteiger partial charge in [0.2, 0.25) is 0 Å². The van der Waals surface area contributed by atoms with Crippen molar-refractivity contribution in [1.29, 1.82) is 5.26 Å². The first-order valence-electron chi connectivity index (χ1n) is 6.68. The Morgan fingerprint density at radius 2 is 2.22 bits per heavy atom. The molecule has 0 radical (unpaired) electrons. The van der Waals surface area contributed by atoms with Crippen molar-refractivity contribution in [3.05, 3.63) is 17.6 Å². The Hall–Kier alpha value is -1.63. The molecule has 1 atom stereocenters. The van der Waals surface area contributed by atoms with Gasteiger partial charge in [-0.3, -0.25) is 0 Å². The van der Waals surface area contributed by atoms with E-state index in [-0.39, 0.29) is 0 Å². The van der Waals surface area contributed by atoms with Crippen molar-refractivity contribution in [2.45, 2.75) is 46.5 Å². The maximum Gasteiger partial charge on any atom is 0.147 e. The second-order valence-corrected chi connectivity index (χ2v) is 4.59. The zero-order valence-corrected chi connectivity index (χ0v) is 11.5. The van der Waals surface area contributed by atoms with Crippen LogP contribution in [0.5, 0.6) is 0 Å². The van der Waals surface area contributed by atoms with E-state index in [0.717, 1.165) is 13.0 Å². The Morgan fingerprint density at radius 3 is 2.83 bits per heavy atom. The van der Waals surface area contributed by atoms with Crippen LogP contribution in [0.25, 0.3) is 0 Å². The summed E-state index contributed by atoms with van der Waals surface area (Å²) < 4.78 is 0. The number of aromatic nitrogens is 2. The molecule has 0 spiro atoms. The van der Waals surface area contributed by atoms with E-state index in [4.69, 9.17) is 5.26 Å². The quantitative estimate of drug-likeness (QED) is 0.802. The molecule has 0 bridgehead atoms. The van der Waals surface area contributed by atoms with Crippen LogP contribution in [0.3, 0.4) is 0 Å². The normalized spacial score (nSPS) is 11.9. The predicted octanol–water partition coefficient (Wildman–Crippen LogP) is 3.29. The van der Waals surface area contributed by atoms with Crippen LogP contribution in [0.2, 0.25) is 0 Å². The first-order valence-corrected chi connectivity index (χ1v) is 6.68. The van der Waals surface area contributed by atoms with Crippen LogP contribution < -0.4 is 5.32 Å². The molecule has 1 aromatic rings. The summed E-state index contributed by atoms with van der Waals surface area (Å²) in [6.45, 7) is 7.13. The van der Waals surface area contributed by atoms with Crippen LogP contribution in [-0.2, 0) is 0 Å². The molecule has 1 heterocycles. The molecule has 0 aromatic carbocycles. The van der Waals surface area contributed by atoms with Gasteiger partial charge >= 0.3 is 0 Å². The van der Waals surface area contributed by atoms with E-state index >= 15 is 0 Å². The monoisotopic (exact) mass is 246 g/mol. The third kappa shape index (κ3) is 4.33. The topological polar surface area (TPSA) is 61.6 Å². The number of nitrogens with one attached hydrogen (secondary N) is 1. The molecule has 0 fully saturated rings. The maximum absolute atomic E-state index is 9.00. The minimum Gasteiger partial charge on any atom is -0.369 e. The van der Waals surface area contributed by atoms with Crippen molar-refractivity contribution < 1.29 is 0 Å². The highest BCUT2D eigenvalue weighted by Gasteiger charge is 2.09. The minimum absolute atomic E-state index is 0.519. The number of aryl methyl sites for hydroxylation is 1. The van der Waals surface area contributed by atoms with E-state index < -0.39 is 0 Å². The van der Waals surface area contributed by atoms with E-state index in [1.54, 1.807) is 6.20 Å². The Bertz CT molecular complexity index is 409. The summed E-state index contributed by atoms with van der Waals surface area (Å²) in [4.78, 5) is 8.32. The highest BCUT2D eigenvalue weighted by molar-refractivity contribution is 5.50. The summed E-state index contributed by atoms with van der Waals surface area (Å²) in [5, 5.41) is 12.3. The van der Waals surface area contributed by atoms with Crippen LogP contribution in [-0.4, -0.2) is 16.5 Å². The SMILES string of the molecule is CCCCC(CC)CNc1nc(C)ncc1C#N. The van der Waals surface area contributed by atoms with E-state index in [1.807, 2.05) is 6.92 Å². The first kappa shape index (κ1) is 14.4. The zero-order valence-electron chi connectivity index (χ0n) is 11.5. The van der Waals surface area contributed by atoms with Gasteiger partial charge in [-0.05, 0) is 19.3 Å². The summed E-state index contributed by atoms with van der Waals surface area (Å²) in [5.41, 5.74) is 0.519. The number of nitrogens with zero attached hydrogens (tertiary/aromatic N) is 3. The van der Waals surface area contributed by atoms with Gasteiger partial charge in [0, 0.05) is 6.54 Å². The van der Waals surface area contributed by atoms with Gasteiger partial charge in [-0.2, -0.15) is 5.26 Å². The third-order valence-corrected chi connectivity index (χ3v) is 3.13. The number of rotatable bonds is 7. The van der Waals surface area contributed by atoms with E-state index in [2.05, 4.69) is 35.2 Å². The van der Waals surface area contributed by atoms with Crippen LogP contribution in [0.4, 0.5) is 5.82 Å². The molecular weight excluding hydrogens is 224 g/mol. The Balaban J connectivity index is 2.61. The third-order valence-electron chi connectivity index (χ3n) is 3.13. The molecule has 18 heavy (non-hydrogen) atoms. The molecular formula is C14H22N4.